The highest BCUT2D eigenvalue weighted by molar-refractivity contribution is 7.92. The van der Waals surface area contributed by atoms with Crippen LogP contribution in [0.15, 0.2) is 77.7 Å². The number of aryl methyl sites for hydroxylation is 1. The summed E-state index contributed by atoms with van der Waals surface area (Å²) in [7, 11) is -4.15. The number of anilines is 1. The lowest BCUT2D eigenvalue weighted by Crippen LogP contribution is -2.53. The van der Waals surface area contributed by atoms with Gasteiger partial charge in [0.25, 0.3) is 10.0 Å². The first-order valence-corrected chi connectivity index (χ1v) is 15.9. The van der Waals surface area contributed by atoms with Gasteiger partial charge in [-0.2, -0.15) is 0 Å². The van der Waals surface area contributed by atoms with Gasteiger partial charge < -0.3 is 10.2 Å². The molecule has 1 fully saturated rings. The lowest BCUT2D eigenvalue weighted by atomic mass is 9.95. The van der Waals surface area contributed by atoms with Gasteiger partial charge in [-0.05, 0) is 74.2 Å². The highest BCUT2D eigenvalue weighted by Gasteiger charge is 2.34. The van der Waals surface area contributed by atoms with Gasteiger partial charge >= 0.3 is 0 Å². The molecule has 3 aromatic carbocycles. The summed E-state index contributed by atoms with van der Waals surface area (Å²) >= 11 is 12.6. The van der Waals surface area contributed by atoms with E-state index in [0.29, 0.717) is 26.9 Å². The van der Waals surface area contributed by atoms with Gasteiger partial charge in [-0.3, -0.25) is 13.9 Å². The van der Waals surface area contributed by atoms with E-state index in [4.69, 9.17) is 23.2 Å². The van der Waals surface area contributed by atoms with E-state index in [1.807, 2.05) is 0 Å². The maximum absolute atomic E-state index is 14.1. The molecule has 0 bridgehead atoms. The fraction of sp³-hybridized carbons (Fsp3) is 0.355. The van der Waals surface area contributed by atoms with E-state index in [0.717, 1.165) is 36.4 Å². The third-order valence-electron chi connectivity index (χ3n) is 7.45. The zero-order valence-corrected chi connectivity index (χ0v) is 25.6. The zero-order valence-electron chi connectivity index (χ0n) is 23.2. The molecule has 1 saturated carbocycles. The molecule has 0 unspecified atom stereocenters. The Morgan fingerprint density at radius 1 is 0.951 bits per heavy atom. The predicted molar refractivity (Wildman–Crippen MR) is 164 cm³/mol. The Morgan fingerprint density at radius 3 is 2.27 bits per heavy atom. The SMILES string of the molecule is Cc1cc(Cl)ccc1N(CC(=O)N(Cc1ccccc1Cl)[C@H](C)C(=O)NC1CCCCC1)S(=O)(=O)c1ccccc1. The first-order chi connectivity index (χ1) is 19.6. The summed E-state index contributed by atoms with van der Waals surface area (Å²) in [6.07, 6.45) is 5.04. The zero-order chi connectivity index (χ0) is 29.6. The van der Waals surface area contributed by atoms with Gasteiger partial charge in [-0.25, -0.2) is 8.42 Å². The van der Waals surface area contributed by atoms with Crippen LogP contribution in [0.4, 0.5) is 5.69 Å². The lowest BCUT2D eigenvalue weighted by Gasteiger charge is -2.33. The molecule has 1 aliphatic rings. The lowest BCUT2D eigenvalue weighted by molar-refractivity contribution is -0.139. The summed E-state index contributed by atoms with van der Waals surface area (Å²) in [4.78, 5) is 29.0. The Morgan fingerprint density at radius 2 is 1.61 bits per heavy atom. The van der Waals surface area contributed by atoms with Crippen LogP contribution in [0.5, 0.6) is 0 Å². The van der Waals surface area contributed by atoms with E-state index in [-0.39, 0.29) is 23.4 Å². The van der Waals surface area contributed by atoms with Gasteiger partial charge in [0.1, 0.15) is 12.6 Å². The molecule has 0 heterocycles. The average molecular weight is 617 g/mol. The standard InChI is InChI=1S/C31H35Cl2N3O4S/c1-22-19-25(32)17-18-29(22)36(41(39,40)27-14-7-4-8-15-27)21-30(37)35(20-24-11-9-10-16-28(24)33)23(2)31(38)34-26-12-5-3-6-13-26/h4,7-11,14-19,23,26H,3,5-6,12-13,20-21H2,1-2H3,(H,34,38)/t23-/m1/s1. The minimum atomic E-state index is -4.15. The highest BCUT2D eigenvalue weighted by atomic mass is 35.5. The van der Waals surface area contributed by atoms with Crippen molar-refractivity contribution in [2.24, 2.45) is 0 Å². The van der Waals surface area contributed by atoms with E-state index < -0.39 is 28.5 Å². The van der Waals surface area contributed by atoms with E-state index in [1.54, 1.807) is 74.5 Å². The first kappa shape index (κ1) is 30.9. The van der Waals surface area contributed by atoms with Gasteiger partial charge in [0.05, 0.1) is 10.6 Å². The second-order valence-corrected chi connectivity index (χ2v) is 13.1. The van der Waals surface area contributed by atoms with Crippen molar-refractivity contribution in [1.29, 1.82) is 0 Å². The van der Waals surface area contributed by atoms with Gasteiger partial charge in [-0.1, -0.05) is 78.9 Å². The topological polar surface area (TPSA) is 86.8 Å². The average Bonchev–Trinajstić information content (AvgIpc) is 2.96. The minimum absolute atomic E-state index is 0.0383. The molecule has 10 heteroatoms. The maximum atomic E-state index is 14.1. The quantitative estimate of drug-likeness (QED) is 0.287. The minimum Gasteiger partial charge on any atom is -0.352 e. The van der Waals surface area contributed by atoms with E-state index in [9.17, 15) is 18.0 Å². The predicted octanol–water partition coefficient (Wildman–Crippen LogP) is 6.36. The molecule has 7 nitrogen and oxygen atoms in total. The molecule has 1 aliphatic carbocycles. The van der Waals surface area contributed by atoms with Gasteiger partial charge in [0.15, 0.2) is 0 Å². The smallest absolute Gasteiger partial charge is 0.264 e. The summed E-state index contributed by atoms with van der Waals surface area (Å²) in [5.74, 6) is -0.817. The Hall–Kier alpha value is -3.07. The molecule has 41 heavy (non-hydrogen) atoms. The molecule has 4 rings (SSSR count). The van der Waals surface area contributed by atoms with Crippen LogP contribution in [0, 0.1) is 6.92 Å². The van der Waals surface area contributed by atoms with Crippen LogP contribution in [-0.2, 0) is 26.2 Å². The Kier molecular flexibility index (Phi) is 10.3. The second kappa shape index (κ2) is 13.7. The second-order valence-electron chi connectivity index (χ2n) is 10.4. The number of nitrogens with zero attached hydrogens (tertiary/aromatic N) is 2. The van der Waals surface area contributed by atoms with E-state index >= 15 is 0 Å². The van der Waals surface area contributed by atoms with Crippen molar-refractivity contribution in [3.05, 3.63) is 94.0 Å². The molecular weight excluding hydrogens is 581 g/mol. The third-order valence-corrected chi connectivity index (χ3v) is 9.83. The van der Waals surface area contributed by atoms with Crippen molar-refractivity contribution < 1.29 is 18.0 Å². The van der Waals surface area contributed by atoms with Crippen molar-refractivity contribution in [3.8, 4) is 0 Å². The number of hydrogen-bond donors (Lipinski definition) is 1. The molecule has 2 amide bonds. The Labute approximate surface area is 252 Å². The largest absolute Gasteiger partial charge is 0.352 e. The maximum Gasteiger partial charge on any atom is 0.264 e. The number of sulfonamides is 1. The van der Waals surface area contributed by atoms with Crippen molar-refractivity contribution >= 4 is 50.7 Å². The summed E-state index contributed by atoms with van der Waals surface area (Å²) in [5.41, 5.74) is 1.56. The van der Waals surface area contributed by atoms with Crippen molar-refractivity contribution in [3.63, 3.8) is 0 Å². The molecule has 0 aromatic heterocycles. The molecule has 3 aromatic rings. The van der Waals surface area contributed by atoms with Crippen molar-refractivity contribution in [2.45, 2.75) is 69.5 Å². The number of halogens is 2. The van der Waals surface area contributed by atoms with Gasteiger partial charge in [0.2, 0.25) is 11.8 Å². The van der Waals surface area contributed by atoms with Gasteiger partial charge in [0, 0.05) is 22.6 Å². The first-order valence-electron chi connectivity index (χ1n) is 13.7. The number of rotatable bonds is 10. The molecule has 0 radical (unpaired) electrons. The van der Waals surface area contributed by atoms with Crippen LogP contribution in [0.2, 0.25) is 10.0 Å². The van der Waals surface area contributed by atoms with Crippen LogP contribution in [0.1, 0.15) is 50.2 Å². The summed E-state index contributed by atoms with van der Waals surface area (Å²) < 4.78 is 28.9. The molecule has 1 N–H and O–H groups in total. The normalized spacial score (nSPS) is 14.7. The fourth-order valence-electron chi connectivity index (χ4n) is 5.09. The van der Waals surface area contributed by atoms with Crippen LogP contribution < -0.4 is 9.62 Å². The van der Waals surface area contributed by atoms with Crippen LogP contribution >= 0.6 is 23.2 Å². The number of amides is 2. The number of nitrogens with one attached hydrogen (secondary N) is 1. The van der Waals surface area contributed by atoms with Crippen LogP contribution in [0.3, 0.4) is 0 Å². The fourth-order valence-corrected chi connectivity index (χ4v) is 7.02. The number of carbonyl (C=O) groups excluding carboxylic acids is 2. The molecule has 0 aliphatic heterocycles. The number of benzene rings is 3. The van der Waals surface area contributed by atoms with Crippen LogP contribution in [-0.4, -0.2) is 43.8 Å². The molecular formula is C31H35Cl2N3O4S. The van der Waals surface area contributed by atoms with Gasteiger partial charge in [-0.15, -0.1) is 0 Å². The Balaban J connectivity index is 1.70. The van der Waals surface area contributed by atoms with Crippen molar-refractivity contribution in [1.82, 2.24) is 10.2 Å². The Bertz CT molecular complexity index is 1480. The van der Waals surface area contributed by atoms with E-state index in [2.05, 4.69) is 5.32 Å². The third kappa shape index (κ3) is 7.61. The summed E-state index contributed by atoms with van der Waals surface area (Å²) in [6.45, 7) is 2.92. The summed E-state index contributed by atoms with van der Waals surface area (Å²) in [6, 6.07) is 19.1. The monoisotopic (exact) mass is 615 g/mol. The molecule has 0 spiro atoms. The van der Waals surface area contributed by atoms with Crippen molar-refractivity contribution in [2.75, 3.05) is 10.8 Å². The van der Waals surface area contributed by atoms with E-state index in [1.165, 1.54) is 17.0 Å². The summed E-state index contributed by atoms with van der Waals surface area (Å²) in [5, 5.41) is 4.00. The molecule has 0 saturated heterocycles. The molecule has 1 atom stereocenters. The highest BCUT2D eigenvalue weighted by Crippen LogP contribution is 2.30. The molecule has 218 valence electrons. The van der Waals surface area contributed by atoms with Crippen LogP contribution in [0.25, 0.3) is 0 Å². The number of carbonyl (C=O) groups is 2. The number of hydrogen-bond acceptors (Lipinski definition) is 4.